The van der Waals surface area contributed by atoms with Gasteiger partial charge >= 0.3 is 5.97 Å². The molecule has 102 valence electrons. The van der Waals surface area contributed by atoms with Crippen LogP contribution >= 0.6 is 0 Å². The Morgan fingerprint density at radius 3 is 2.63 bits per heavy atom. The lowest BCUT2D eigenvalue weighted by Crippen LogP contribution is -2.14. The van der Waals surface area contributed by atoms with Gasteiger partial charge in [0.1, 0.15) is 11.5 Å². The monoisotopic (exact) mass is 260 g/mol. The van der Waals surface area contributed by atoms with Crippen molar-refractivity contribution in [1.82, 2.24) is 0 Å². The van der Waals surface area contributed by atoms with E-state index >= 15 is 0 Å². The summed E-state index contributed by atoms with van der Waals surface area (Å²) in [6.45, 7) is 0. The van der Waals surface area contributed by atoms with E-state index in [0.717, 1.165) is 24.2 Å². The normalized spacial score (nSPS) is 28.5. The number of aromatic hydroxyl groups is 1. The van der Waals surface area contributed by atoms with Crippen molar-refractivity contribution in [2.45, 2.75) is 38.5 Å². The van der Waals surface area contributed by atoms with Crippen LogP contribution in [0.4, 0.5) is 0 Å². The van der Waals surface area contributed by atoms with Crippen LogP contribution in [0.2, 0.25) is 0 Å². The van der Waals surface area contributed by atoms with E-state index in [1.165, 1.54) is 37.8 Å². The van der Waals surface area contributed by atoms with Gasteiger partial charge in [0.2, 0.25) is 0 Å². The lowest BCUT2D eigenvalue weighted by molar-refractivity contribution is -0.134. The molecule has 3 atom stereocenters. The van der Waals surface area contributed by atoms with E-state index in [4.69, 9.17) is 9.84 Å². The number of phenolic OH excluding ortho intramolecular Hbond substituents is 1. The highest BCUT2D eigenvalue weighted by molar-refractivity contribution is 5.72. The summed E-state index contributed by atoms with van der Waals surface area (Å²) >= 11 is 0. The highest BCUT2D eigenvalue weighted by atomic mass is 16.5. The maximum Gasteiger partial charge on any atom is 0.311 e. The van der Waals surface area contributed by atoms with Crippen molar-refractivity contribution in [2.75, 3.05) is 0 Å². The molecule has 3 nitrogen and oxygen atoms in total. The van der Waals surface area contributed by atoms with Gasteiger partial charge in [0.05, 0.1) is 0 Å². The van der Waals surface area contributed by atoms with Crippen molar-refractivity contribution in [3.05, 3.63) is 24.3 Å². The standard InChI is InChI=1S/C16H20O3/c17-14-4-6-15(7-5-14)19-16(18)8-3-13-10-11-1-2-12(13)9-11/h4-7,11-13,17H,1-3,8-10H2. The number of carbonyl (C=O) groups is 1. The van der Waals surface area contributed by atoms with Gasteiger partial charge in [-0.15, -0.1) is 0 Å². The van der Waals surface area contributed by atoms with Gasteiger partial charge in [-0.05, 0) is 67.7 Å². The average molecular weight is 260 g/mol. The molecule has 2 fully saturated rings. The number of benzene rings is 1. The molecular weight excluding hydrogens is 240 g/mol. The van der Waals surface area contributed by atoms with Crippen molar-refractivity contribution in [3.8, 4) is 11.5 Å². The minimum absolute atomic E-state index is 0.159. The van der Waals surface area contributed by atoms with Gasteiger partial charge in [-0.3, -0.25) is 4.79 Å². The Balaban J connectivity index is 1.45. The van der Waals surface area contributed by atoms with Crippen LogP contribution in [0.1, 0.15) is 38.5 Å². The third kappa shape index (κ3) is 2.91. The second-order valence-electron chi connectivity index (χ2n) is 5.94. The first-order valence-corrected chi connectivity index (χ1v) is 7.20. The summed E-state index contributed by atoms with van der Waals surface area (Å²) in [5, 5.41) is 9.16. The molecule has 2 bridgehead atoms. The lowest BCUT2D eigenvalue weighted by atomic mass is 9.85. The molecule has 0 amide bonds. The first kappa shape index (κ1) is 12.5. The Bertz CT molecular complexity index is 452. The van der Waals surface area contributed by atoms with Gasteiger partial charge in [-0.2, -0.15) is 0 Å². The van der Waals surface area contributed by atoms with Gasteiger partial charge in [0.25, 0.3) is 0 Å². The van der Waals surface area contributed by atoms with E-state index in [2.05, 4.69) is 0 Å². The minimum atomic E-state index is -0.159. The zero-order valence-electron chi connectivity index (χ0n) is 11.0. The van der Waals surface area contributed by atoms with E-state index in [1.807, 2.05) is 0 Å². The van der Waals surface area contributed by atoms with E-state index < -0.39 is 0 Å². The molecule has 3 heteroatoms. The Morgan fingerprint density at radius 1 is 1.21 bits per heavy atom. The van der Waals surface area contributed by atoms with Crippen molar-refractivity contribution < 1.29 is 14.6 Å². The predicted molar refractivity (Wildman–Crippen MR) is 71.9 cm³/mol. The maximum atomic E-state index is 11.8. The lowest BCUT2D eigenvalue weighted by Gasteiger charge is -2.20. The third-order valence-electron chi connectivity index (χ3n) is 4.67. The number of phenols is 1. The molecule has 2 aliphatic carbocycles. The SMILES string of the molecule is O=C(CCC1CC2CCC1C2)Oc1ccc(O)cc1. The highest BCUT2D eigenvalue weighted by Crippen LogP contribution is 2.49. The average Bonchev–Trinajstić information content (AvgIpc) is 3.01. The number of esters is 1. The molecule has 1 N–H and O–H groups in total. The fourth-order valence-electron chi connectivity index (χ4n) is 3.73. The van der Waals surface area contributed by atoms with Gasteiger partial charge in [0.15, 0.2) is 0 Å². The van der Waals surface area contributed by atoms with Crippen LogP contribution in [-0.4, -0.2) is 11.1 Å². The topological polar surface area (TPSA) is 46.5 Å². The van der Waals surface area contributed by atoms with Crippen LogP contribution in [0.3, 0.4) is 0 Å². The summed E-state index contributed by atoms with van der Waals surface area (Å²) in [6, 6.07) is 6.28. The van der Waals surface area contributed by atoms with Crippen molar-refractivity contribution in [3.63, 3.8) is 0 Å². The maximum absolute atomic E-state index is 11.8. The van der Waals surface area contributed by atoms with Crippen LogP contribution in [-0.2, 0) is 4.79 Å². The minimum Gasteiger partial charge on any atom is -0.508 e. The molecule has 1 aromatic carbocycles. The number of hydrogen-bond donors (Lipinski definition) is 1. The van der Waals surface area contributed by atoms with Gasteiger partial charge in [-0.25, -0.2) is 0 Å². The molecule has 19 heavy (non-hydrogen) atoms. The quantitative estimate of drug-likeness (QED) is 0.665. The Hall–Kier alpha value is -1.51. The molecule has 0 spiro atoms. The van der Waals surface area contributed by atoms with Crippen LogP contribution in [0.5, 0.6) is 11.5 Å². The summed E-state index contributed by atoms with van der Waals surface area (Å²) in [6.07, 6.45) is 6.95. The van der Waals surface area contributed by atoms with Crippen LogP contribution in [0, 0.1) is 17.8 Å². The molecule has 2 aliphatic rings. The molecular formula is C16H20O3. The van der Waals surface area contributed by atoms with Crippen LogP contribution in [0.25, 0.3) is 0 Å². The van der Waals surface area contributed by atoms with E-state index in [1.54, 1.807) is 12.1 Å². The third-order valence-corrected chi connectivity index (χ3v) is 4.67. The molecule has 3 unspecified atom stereocenters. The zero-order chi connectivity index (χ0) is 13.2. The number of hydrogen-bond acceptors (Lipinski definition) is 3. The number of fused-ring (bicyclic) bond motifs is 2. The molecule has 0 aliphatic heterocycles. The Labute approximate surface area is 113 Å². The second-order valence-corrected chi connectivity index (χ2v) is 5.94. The Morgan fingerprint density at radius 2 is 2.00 bits per heavy atom. The summed E-state index contributed by atoms with van der Waals surface area (Å²) in [4.78, 5) is 11.8. The van der Waals surface area contributed by atoms with Crippen molar-refractivity contribution >= 4 is 5.97 Å². The van der Waals surface area contributed by atoms with Crippen LogP contribution < -0.4 is 4.74 Å². The number of carbonyl (C=O) groups excluding carboxylic acids is 1. The molecule has 0 radical (unpaired) electrons. The molecule has 1 aromatic rings. The van der Waals surface area contributed by atoms with Gasteiger partial charge in [0, 0.05) is 6.42 Å². The van der Waals surface area contributed by atoms with Crippen molar-refractivity contribution in [2.24, 2.45) is 17.8 Å². The van der Waals surface area contributed by atoms with Crippen LogP contribution in [0.15, 0.2) is 24.3 Å². The van der Waals surface area contributed by atoms with E-state index in [-0.39, 0.29) is 11.7 Å². The fraction of sp³-hybridized carbons (Fsp3) is 0.562. The molecule has 2 saturated carbocycles. The summed E-state index contributed by atoms with van der Waals surface area (Å²) < 4.78 is 5.26. The zero-order valence-corrected chi connectivity index (χ0v) is 11.0. The van der Waals surface area contributed by atoms with E-state index in [0.29, 0.717) is 12.2 Å². The fourth-order valence-corrected chi connectivity index (χ4v) is 3.73. The molecule has 0 aromatic heterocycles. The van der Waals surface area contributed by atoms with Crippen molar-refractivity contribution in [1.29, 1.82) is 0 Å². The Kier molecular flexibility index (Phi) is 3.45. The summed E-state index contributed by atoms with van der Waals surface area (Å²) in [7, 11) is 0. The largest absolute Gasteiger partial charge is 0.508 e. The first-order chi connectivity index (χ1) is 9.20. The summed E-state index contributed by atoms with van der Waals surface area (Å²) in [5.74, 6) is 3.08. The molecule has 3 rings (SSSR count). The molecule has 0 saturated heterocycles. The van der Waals surface area contributed by atoms with Gasteiger partial charge in [-0.1, -0.05) is 6.42 Å². The molecule has 0 heterocycles. The number of rotatable bonds is 4. The highest BCUT2D eigenvalue weighted by Gasteiger charge is 2.39. The van der Waals surface area contributed by atoms with Gasteiger partial charge < -0.3 is 9.84 Å². The second kappa shape index (κ2) is 5.24. The smallest absolute Gasteiger partial charge is 0.311 e. The summed E-state index contributed by atoms with van der Waals surface area (Å²) in [5.41, 5.74) is 0. The van der Waals surface area contributed by atoms with E-state index in [9.17, 15) is 4.79 Å². The first-order valence-electron chi connectivity index (χ1n) is 7.20. The number of ether oxygens (including phenoxy) is 1. The predicted octanol–water partition coefficient (Wildman–Crippen LogP) is 3.51.